The number of aromatic hydroxyl groups is 1. The Morgan fingerprint density at radius 1 is 1.26 bits per heavy atom. The number of amides is 1. The van der Waals surface area contributed by atoms with Crippen LogP contribution in [0.5, 0.6) is 11.5 Å². The van der Waals surface area contributed by atoms with E-state index in [9.17, 15) is 34.2 Å². The number of hydrogen-bond donors (Lipinski definition) is 4. The summed E-state index contributed by atoms with van der Waals surface area (Å²) in [6.45, 7) is 1.57. The molecule has 4 aliphatic rings. The Morgan fingerprint density at radius 3 is 2.56 bits per heavy atom. The second-order valence-electron chi connectivity index (χ2n) is 11.2. The summed E-state index contributed by atoms with van der Waals surface area (Å²) in [4.78, 5) is 67.7. The highest BCUT2D eigenvalue weighted by atomic mass is 16.5. The summed E-state index contributed by atoms with van der Waals surface area (Å²) in [5.41, 5.74) is 3.57. The van der Waals surface area contributed by atoms with Gasteiger partial charge in [0.2, 0.25) is 5.91 Å². The summed E-state index contributed by atoms with van der Waals surface area (Å²) in [6, 6.07) is 0.409. The van der Waals surface area contributed by atoms with Crippen LogP contribution in [-0.4, -0.2) is 96.3 Å². The number of hydrogen-bond acceptors (Lipinski definition) is 11. The van der Waals surface area contributed by atoms with Crippen molar-refractivity contribution in [2.45, 2.75) is 43.5 Å². The van der Waals surface area contributed by atoms with E-state index in [2.05, 4.69) is 5.32 Å². The number of phenolic OH excluding ortho intramolecular Hbond substituents is 1. The van der Waals surface area contributed by atoms with Gasteiger partial charge in [0.1, 0.15) is 11.5 Å². The van der Waals surface area contributed by atoms with E-state index in [4.69, 9.17) is 15.2 Å². The SMILES string of the molecule is COc1c(CN[C@@H]2CCOC2)cc(O)c2c1C[C@H]1C[C@H]3[C@H](N(C)C)C(=O)C(C(N)=O)C(=O)[C@@]3(O)C(=O)C1C2=O. The molecule has 1 heterocycles. The molecule has 0 radical (unpaired) electrons. The number of primary amides is 1. The van der Waals surface area contributed by atoms with E-state index < -0.39 is 64.4 Å². The van der Waals surface area contributed by atoms with Crippen molar-refractivity contribution in [3.05, 3.63) is 22.8 Å². The van der Waals surface area contributed by atoms with Gasteiger partial charge in [0, 0.05) is 36.2 Å². The minimum absolute atomic E-state index is 0.0182. The van der Waals surface area contributed by atoms with Crippen molar-refractivity contribution < 1.29 is 43.7 Å². The third-order valence-electron chi connectivity index (χ3n) is 8.80. The number of phenols is 1. The van der Waals surface area contributed by atoms with Crippen LogP contribution in [0.3, 0.4) is 0 Å². The molecule has 1 aromatic rings. The second-order valence-corrected chi connectivity index (χ2v) is 11.2. The van der Waals surface area contributed by atoms with E-state index in [0.29, 0.717) is 36.6 Å². The maximum absolute atomic E-state index is 13.9. The average molecular weight is 544 g/mol. The number of nitrogens with two attached hydrogens (primary N) is 1. The first-order valence-corrected chi connectivity index (χ1v) is 13.0. The summed E-state index contributed by atoms with van der Waals surface area (Å²) in [5.74, 6) is -10.4. The lowest BCUT2D eigenvalue weighted by molar-refractivity contribution is -0.181. The lowest BCUT2D eigenvalue weighted by Crippen LogP contribution is -2.74. The molecular formula is C27H33N3O9. The monoisotopic (exact) mass is 543 g/mol. The normalized spacial score (nSPS) is 34.1. The number of benzene rings is 1. The lowest BCUT2D eigenvalue weighted by Gasteiger charge is -2.52. The molecular weight excluding hydrogens is 510 g/mol. The van der Waals surface area contributed by atoms with E-state index >= 15 is 0 Å². The Bertz CT molecular complexity index is 1270. The molecule has 5 rings (SSSR count). The first-order chi connectivity index (χ1) is 18.4. The smallest absolute Gasteiger partial charge is 0.235 e. The maximum atomic E-state index is 13.9. The van der Waals surface area contributed by atoms with Crippen LogP contribution in [0.1, 0.15) is 34.3 Å². The lowest BCUT2D eigenvalue weighted by atomic mass is 9.52. The summed E-state index contributed by atoms with van der Waals surface area (Å²) < 4.78 is 11.1. The molecule has 1 saturated heterocycles. The van der Waals surface area contributed by atoms with Crippen molar-refractivity contribution in [3.63, 3.8) is 0 Å². The van der Waals surface area contributed by atoms with Crippen LogP contribution in [0.2, 0.25) is 0 Å². The average Bonchev–Trinajstić information content (AvgIpc) is 3.38. The van der Waals surface area contributed by atoms with Gasteiger partial charge in [0.05, 0.1) is 31.2 Å². The maximum Gasteiger partial charge on any atom is 0.235 e. The molecule has 0 spiro atoms. The van der Waals surface area contributed by atoms with E-state index in [0.717, 1.165) is 6.42 Å². The van der Waals surface area contributed by atoms with Crippen molar-refractivity contribution >= 4 is 29.0 Å². The molecule has 5 N–H and O–H groups in total. The first kappa shape index (κ1) is 27.4. The number of rotatable bonds is 6. The molecule has 0 bridgehead atoms. The number of nitrogens with zero attached hydrogens (tertiary/aromatic N) is 1. The van der Waals surface area contributed by atoms with Gasteiger partial charge in [0.25, 0.3) is 0 Å². The van der Waals surface area contributed by atoms with Crippen LogP contribution in [0.15, 0.2) is 6.07 Å². The second kappa shape index (κ2) is 9.77. The predicted molar refractivity (Wildman–Crippen MR) is 134 cm³/mol. The van der Waals surface area contributed by atoms with Crippen molar-refractivity contribution in [2.24, 2.45) is 29.4 Å². The van der Waals surface area contributed by atoms with Gasteiger partial charge in [-0.15, -0.1) is 0 Å². The number of methoxy groups -OCH3 is 1. The number of aliphatic hydroxyl groups is 1. The fourth-order valence-corrected chi connectivity index (χ4v) is 7.05. The minimum atomic E-state index is -2.75. The van der Waals surface area contributed by atoms with Gasteiger partial charge in [-0.05, 0) is 45.3 Å². The summed E-state index contributed by atoms with van der Waals surface area (Å²) in [7, 11) is 4.55. The minimum Gasteiger partial charge on any atom is -0.507 e. The Labute approximate surface area is 224 Å². The molecule has 7 atom stereocenters. The van der Waals surface area contributed by atoms with Gasteiger partial charge >= 0.3 is 0 Å². The van der Waals surface area contributed by atoms with Gasteiger partial charge in [-0.2, -0.15) is 0 Å². The largest absolute Gasteiger partial charge is 0.507 e. The Kier molecular flexibility index (Phi) is 6.86. The van der Waals surface area contributed by atoms with Crippen LogP contribution in [0.4, 0.5) is 0 Å². The molecule has 0 aromatic heterocycles. The Morgan fingerprint density at radius 2 is 1.97 bits per heavy atom. The molecule has 1 amide bonds. The molecule has 3 fully saturated rings. The first-order valence-electron chi connectivity index (χ1n) is 13.0. The number of nitrogens with one attached hydrogen (secondary N) is 1. The number of likely N-dealkylation sites (N-methyl/N-ethyl adjacent to an activating group) is 1. The highest BCUT2D eigenvalue weighted by Crippen LogP contribution is 2.52. The molecule has 1 aromatic carbocycles. The fourth-order valence-electron chi connectivity index (χ4n) is 7.05. The third-order valence-corrected chi connectivity index (χ3v) is 8.80. The van der Waals surface area contributed by atoms with Gasteiger partial charge in [0.15, 0.2) is 34.7 Å². The highest BCUT2D eigenvalue weighted by molar-refractivity contribution is 6.32. The van der Waals surface area contributed by atoms with E-state index in [-0.39, 0.29) is 30.2 Å². The molecule has 12 heteroatoms. The van der Waals surface area contributed by atoms with Gasteiger partial charge in [-0.3, -0.25) is 28.9 Å². The Hall–Kier alpha value is -3.19. The number of Topliss-reactive ketones (excluding diaryl/α,β-unsaturated/α-hetero) is 4. The standard InChI is InChI=1S/C27H33N3O9/c1-30(2)20-15-7-11-6-14-18(16(31)8-12(23(14)38-3)9-29-13-4-5-39-10-13)21(32)17(11)24(34)27(15,37)25(35)19(22(20)33)26(28)36/h8,11,13,15,17,19-20,29,31,37H,4-7,9-10H2,1-3H3,(H2,28,36)/t11-,13+,15-,17?,19?,20-,27-/m0/s1. The van der Waals surface area contributed by atoms with E-state index in [1.54, 1.807) is 14.1 Å². The van der Waals surface area contributed by atoms with Gasteiger partial charge < -0.3 is 30.7 Å². The van der Waals surface area contributed by atoms with Gasteiger partial charge in [-0.25, -0.2) is 0 Å². The number of carbonyl (C=O) groups excluding carboxylic acids is 5. The van der Waals surface area contributed by atoms with Crippen molar-refractivity contribution in [2.75, 3.05) is 34.4 Å². The molecule has 39 heavy (non-hydrogen) atoms. The molecule has 3 aliphatic carbocycles. The fraction of sp³-hybridized carbons (Fsp3) is 0.593. The zero-order chi connectivity index (χ0) is 28.4. The zero-order valence-electron chi connectivity index (χ0n) is 22.1. The topological polar surface area (TPSA) is 186 Å². The summed E-state index contributed by atoms with van der Waals surface area (Å²) in [5, 5.41) is 25.9. The van der Waals surface area contributed by atoms with Crippen LogP contribution in [-0.2, 0) is 36.9 Å². The van der Waals surface area contributed by atoms with Crippen LogP contribution >= 0.6 is 0 Å². The molecule has 1 aliphatic heterocycles. The predicted octanol–water partition coefficient (Wildman–Crippen LogP) is -1.25. The molecule has 12 nitrogen and oxygen atoms in total. The van der Waals surface area contributed by atoms with Crippen molar-refractivity contribution in [3.8, 4) is 11.5 Å². The molecule has 2 saturated carbocycles. The molecule has 2 unspecified atom stereocenters. The van der Waals surface area contributed by atoms with Crippen molar-refractivity contribution in [1.29, 1.82) is 0 Å². The summed E-state index contributed by atoms with van der Waals surface area (Å²) >= 11 is 0. The number of ether oxygens (including phenoxy) is 2. The zero-order valence-corrected chi connectivity index (χ0v) is 22.1. The van der Waals surface area contributed by atoms with Crippen molar-refractivity contribution in [1.82, 2.24) is 10.2 Å². The van der Waals surface area contributed by atoms with Gasteiger partial charge in [-0.1, -0.05) is 0 Å². The number of ketones is 4. The summed E-state index contributed by atoms with van der Waals surface area (Å²) in [6.07, 6.45) is 0.966. The van der Waals surface area contributed by atoms with Crippen LogP contribution in [0.25, 0.3) is 0 Å². The third kappa shape index (κ3) is 4.00. The number of carbonyl (C=O) groups is 5. The Balaban J connectivity index is 1.56. The van der Waals surface area contributed by atoms with Crippen LogP contribution in [0, 0.1) is 23.7 Å². The molecule has 210 valence electrons. The van der Waals surface area contributed by atoms with E-state index in [1.165, 1.54) is 18.1 Å². The number of fused-ring (bicyclic) bond motifs is 3. The highest BCUT2D eigenvalue weighted by Gasteiger charge is 2.69. The quantitative estimate of drug-likeness (QED) is 0.314. The van der Waals surface area contributed by atoms with E-state index in [1.807, 2.05) is 0 Å². The van der Waals surface area contributed by atoms with Crippen LogP contribution < -0.4 is 15.8 Å².